The average molecular weight is 495 g/mol. The quantitative estimate of drug-likeness (QED) is 0.445. The van der Waals surface area contributed by atoms with Crippen LogP contribution in [0.3, 0.4) is 0 Å². The van der Waals surface area contributed by atoms with Crippen LogP contribution in [0.25, 0.3) is 0 Å². The summed E-state index contributed by atoms with van der Waals surface area (Å²) in [4.78, 5) is 23.9. The second-order valence-electron chi connectivity index (χ2n) is 6.94. The fraction of sp³-hybridized carbons (Fsp3) is 0.0909. The fourth-order valence-corrected chi connectivity index (χ4v) is 3.92. The van der Waals surface area contributed by atoms with Crippen molar-refractivity contribution in [1.29, 1.82) is 0 Å². The number of carbonyl (C=O) groups is 2. The van der Waals surface area contributed by atoms with Gasteiger partial charge in [-0.25, -0.2) is 12.8 Å². The van der Waals surface area contributed by atoms with Gasteiger partial charge in [-0.3, -0.25) is 14.3 Å². The standard InChI is InChI=1S/C22H17F4N3O4S/c1-27-21(31)18-12-15(7-10-19(18)23)28-20(30)13-5-8-17(9-6-13)34(32,33)29-16-4-2-3-14(11-16)22(24,25)26/h2-12,29H,1H3,(H,27,31)(H,28,30). The summed E-state index contributed by atoms with van der Waals surface area (Å²) < 4.78 is 79.4. The maximum atomic E-state index is 13.8. The Morgan fingerprint density at radius 3 is 2.15 bits per heavy atom. The van der Waals surface area contributed by atoms with Crippen LogP contribution >= 0.6 is 0 Å². The van der Waals surface area contributed by atoms with Gasteiger partial charge in [-0.15, -0.1) is 0 Å². The molecule has 2 amide bonds. The van der Waals surface area contributed by atoms with E-state index in [0.717, 1.165) is 36.4 Å². The summed E-state index contributed by atoms with van der Waals surface area (Å²) in [6.45, 7) is 0. The summed E-state index contributed by atoms with van der Waals surface area (Å²) in [5.74, 6) is -2.12. The van der Waals surface area contributed by atoms with E-state index >= 15 is 0 Å². The fourth-order valence-electron chi connectivity index (χ4n) is 2.87. The van der Waals surface area contributed by atoms with E-state index < -0.39 is 39.4 Å². The monoisotopic (exact) mass is 495 g/mol. The zero-order valence-corrected chi connectivity index (χ0v) is 18.2. The van der Waals surface area contributed by atoms with Gasteiger partial charge in [-0.1, -0.05) is 6.07 Å². The van der Waals surface area contributed by atoms with E-state index in [0.29, 0.717) is 6.07 Å². The molecule has 0 aliphatic heterocycles. The van der Waals surface area contributed by atoms with Crippen molar-refractivity contribution in [2.45, 2.75) is 11.1 Å². The van der Waals surface area contributed by atoms with Crippen molar-refractivity contribution >= 4 is 33.2 Å². The summed E-state index contributed by atoms with van der Waals surface area (Å²) in [5, 5.41) is 4.74. The van der Waals surface area contributed by atoms with Crippen molar-refractivity contribution < 1.29 is 35.6 Å². The van der Waals surface area contributed by atoms with Crippen LogP contribution in [0.4, 0.5) is 28.9 Å². The third-order valence-corrected chi connectivity index (χ3v) is 5.96. The minimum Gasteiger partial charge on any atom is -0.355 e. The molecule has 178 valence electrons. The molecule has 0 fully saturated rings. The molecule has 3 N–H and O–H groups in total. The molecule has 0 spiro atoms. The van der Waals surface area contributed by atoms with E-state index in [4.69, 9.17) is 0 Å². The number of amides is 2. The van der Waals surface area contributed by atoms with Crippen LogP contribution in [0.2, 0.25) is 0 Å². The number of sulfonamides is 1. The van der Waals surface area contributed by atoms with Crippen LogP contribution in [-0.2, 0) is 16.2 Å². The number of hydrogen-bond donors (Lipinski definition) is 3. The lowest BCUT2D eigenvalue weighted by atomic mass is 10.1. The SMILES string of the molecule is CNC(=O)c1cc(NC(=O)c2ccc(S(=O)(=O)Nc3cccc(C(F)(F)F)c3)cc2)ccc1F. The van der Waals surface area contributed by atoms with Crippen molar-refractivity contribution in [3.63, 3.8) is 0 Å². The average Bonchev–Trinajstić information content (AvgIpc) is 2.79. The Morgan fingerprint density at radius 1 is 0.853 bits per heavy atom. The second kappa shape index (κ2) is 9.51. The number of rotatable bonds is 6. The number of carbonyl (C=O) groups excluding carboxylic acids is 2. The van der Waals surface area contributed by atoms with Crippen LogP contribution in [-0.4, -0.2) is 27.3 Å². The largest absolute Gasteiger partial charge is 0.416 e. The van der Waals surface area contributed by atoms with Gasteiger partial charge in [0.25, 0.3) is 21.8 Å². The number of benzene rings is 3. The number of alkyl halides is 3. The molecule has 0 unspecified atom stereocenters. The molecule has 34 heavy (non-hydrogen) atoms. The first-order valence-electron chi connectivity index (χ1n) is 9.54. The van der Waals surface area contributed by atoms with Crippen LogP contribution in [0, 0.1) is 5.82 Å². The third-order valence-electron chi connectivity index (χ3n) is 4.56. The normalized spacial score (nSPS) is 11.6. The van der Waals surface area contributed by atoms with E-state index in [1.807, 2.05) is 0 Å². The highest BCUT2D eigenvalue weighted by Gasteiger charge is 2.30. The summed E-state index contributed by atoms with van der Waals surface area (Å²) in [7, 11) is -2.91. The Hall–Kier alpha value is -3.93. The topological polar surface area (TPSA) is 104 Å². The smallest absolute Gasteiger partial charge is 0.355 e. The van der Waals surface area contributed by atoms with Gasteiger partial charge in [0.05, 0.1) is 16.0 Å². The van der Waals surface area contributed by atoms with E-state index in [1.165, 1.54) is 31.3 Å². The zero-order valence-electron chi connectivity index (χ0n) is 17.4. The summed E-state index contributed by atoms with van der Waals surface area (Å²) in [6.07, 6.45) is -4.64. The Labute approximate surface area is 191 Å². The predicted molar refractivity (Wildman–Crippen MR) is 116 cm³/mol. The van der Waals surface area contributed by atoms with Crippen LogP contribution in [0.15, 0.2) is 71.6 Å². The molecule has 0 aliphatic carbocycles. The molecule has 0 saturated carbocycles. The van der Waals surface area contributed by atoms with E-state index in [-0.39, 0.29) is 27.4 Å². The van der Waals surface area contributed by atoms with Gasteiger partial charge in [0.1, 0.15) is 5.82 Å². The first-order chi connectivity index (χ1) is 15.9. The molecule has 0 radical (unpaired) electrons. The maximum Gasteiger partial charge on any atom is 0.416 e. The van der Waals surface area contributed by atoms with Gasteiger partial charge < -0.3 is 10.6 Å². The van der Waals surface area contributed by atoms with E-state index in [1.54, 1.807) is 0 Å². The van der Waals surface area contributed by atoms with Crippen molar-refractivity contribution in [3.05, 3.63) is 89.2 Å². The number of halogens is 4. The minimum atomic E-state index is -4.64. The highest BCUT2D eigenvalue weighted by Crippen LogP contribution is 2.31. The molecule has 0 bridgehead atoms. The third kappa shape index (κ3) is 5.70. The lowest BCUT2D eigenvalue weighted by molar-refractivity contribution is -0.137. The lowest BCUT2D eigenvalue weighted by Gasteiger charge is -2.12. The summed E-state index contributed by atoms with van der Waals surface area (Å²) in [5.41, 5.74) is -1.39. The van der Waals surface area contributed by atoms with Crippen LogP contribution in [0.1, 0.15) is 26.3 Å². The van der Waals surface area contributed by atoms with Crippen LogP contribution in [0.5, 0.6) is 0 Å². The molecule has 12 heteroatoms. The van der Waals surface area contributed by atoms with Crippen molar-refractivity contribution in [2.75, 3.05) is 17.1 Å². The van der Waals surface area contributed by atoms with Gasteiger partial charge >= 0.3 is 6.18 Å². The summed E-state index contributed by atoms with van der Waals surface area (Å²) in [6, 6.07) is 11.7. The zero-order chi connectivity index (χ0) is 25.1. The van der Waals surface area contributed by atoms with Gasteiger partial charge in [0.2, 0.25) is 0 Å². The number of hydrogen-bond acceptors (Lipinski definition) is 4. The van der Waals surface area contributed by atoms with Gasteiger partial charge in [-0.2, -0.15) is 13.2 Å². The molecule has 0 heterocycles. The Morgan fingerprint density at radius 2 is 1.53 bits per heavy atom. The highest BCUT2D eigenvalue weighted by molar-refractivity contribution is 7.92. The molecule has 0 aromatic heterocycles. The predicted octanol–water partition coefficient (Wildman–Crippen LogP) is 4.26. The second-order valence-corrected chi connectivity index (χ2v) is 8.62. The maximum absolute atomic E-state index is 13.8. The summed E-state index contributed by atoms with van der Waals surface area (Å²) >= 11 is 0. The highest BCUT2D eigenvalue weighted by atomic mass is 32.2. The molecule has 0 aliphatic rings. The van der Waals surface area contributed by atoms with Crippen LogP contribution < -0.4 is 15.4 Å². The lowest BCUT2D eigenvalue weighted by Crippen LogP contribution is -2.20. The van der Waals surface area contributed by atoms with Crippen molar-refractivity contribution in [1.82, 2.24) is 5.32 Å². The number of nitrogens with one attached hydrogen (secondary N) is 3. The van der Waals surface area contributed by atoms with Gasteiger partial charge in [0, 0.05) is 24.0 Å². The first-order valence-corrected chi connectivity index (χ1v) is 11.0. The van der Waals surface area contributed by atoms with Gasteiger partial charge in [0.15, 0.2) is 0 Å². The molecule has 3 aromatic rings. The Bertz CT molecular complexity index is 1340. The van der Waals surface area contributed by atoms with Crippen molar-refractivity contribution in [2.24, 2.45) is 0 Å². The van der Waals surface area contributed by atoms with E-state index in [9.17, 15) is 35.6 Å². The molecule has 7 nitrogen and oxygen atoms in total. The molecular weight excluding hydrogens is 478 g/mol. The minimum absolute atomic E-state index is 0.0452. The Balaban J connectivity index is 1.76. The molecule has 0 saturated heterocycles. The molecule has 3 aromatic carbocycles. The molecule has 3 rings (SSSR count). The molecule has 0 atom stereocenters. The van der Waals surface area contributed by atoms with E-state index in [2.05, 4.69) is 15.4 Å². The Kier molecular flexibility index (Phi) is 6.91. The first kappa shape index (κ1) is 24.7. The number of anilines is 2. The van der Waals surface area contributed by atoms with Gasteiger partial charge in [-0.05, 0) is 60.7 Å². The molecular formula is C22H17F4N3O4S. The van der Waals surface area contributed by atoms with Crippen molar-refractivity contribution in [3.8, 4) is 0 Å².